The van der Waals surface area contributed by atoms with Gasteiger partial charge < -0.3 is 15.0 Å². The Labute approximate surface area is 119 Å². The van der Waals surface area contributed by atoms with Crippen molar-refractivity contribution in [3.05, 3.63) is 22.7 Å². The third kappa shape index (κ3) is 4.03. The fourth-order valence-electron chi connectivity index (χ4n) is 1.83. The van der Waals surface area contributed by atoms with E-state index in [-0.39, 0.29) is 12.5 Å². The molecule has 0 unspecified atom stereocenters. The summed E-state index contributed by atoms with van der Waals surface area (Å²) in [5.41, 5.74) is 1.73. The average molecular weight is 285 g/mol. The second-order valence-corrected chi connectivity index (χ2v) is 4.63. The fraction of sp³-hybridized carbons (Fsp3) is 0.500. The van der Waals surface area contributed by atoms with Gasteiger partial charge in [-0.1, -0.05) is 11.6 Å². The van der Waals surface area contributed by atoms with Crippen LogP contribution in [0.3, 0.4) is 0 Å². The first kappa shape index (κ1) is 15.6. The van der Waals surface area contributed by atoms with Crippen LogP contribution in [0, 0.1) is 6.92 Å². The van der Waals surface area contributed by atoms with E-state index in [1.807, 2.05) is 26.8 Å². The summed E-state index contributed by atoms with van der Waals surface area (Å²) < 4.78 is 5.25. The number of amides is 1. The quantitative estimate of drug-likeness (QED) is 0.873. The van der Waals surface area contributed by atoms with Gasteiger partial charge in [-0.15, -0.1) is 0 Å². The molecule has 0 saturated heterocycles. The third-order valence-electron chi connectivity index (χ3n) is 3.03. The Balaban J connectivity index is 2.77. The minimum atomic E-state index is 0.0691. The van der Waals surface area contributed by atoms with Gasteiger partial charge in [-0.3, -0.25) is 4.79 Å². The standard InChI is InChI=1S/C14H21ClN2O2/c1-5-17(6-2)14(18)9-16-12-7-10(3)11(15)8-13(12)19-4/h7-8,16H,5-6,9H2,1-4H3. The van der Waals surface area contributed by atoms with E-state index < -0.39 is 0 Å². The zero-order chi connectivity index (χ0) is 14.4. The molecule has 1 aromatic carbocycles. The normalized spacial score (nSPS) is 10.2. The Hall–Kier alpha value is -1.42. The lowest BCUT2D eigenvalue weighted by atomic mass is 10.2. The number of carbonyl (C=O) groups excluding carboxylic acids is 1. The maximum Gasteiger partial charge on any atom is 0.241 e. The second kappa shape index (κ2) is 7.24. The van der Waals surface area contributed by atoms with Crippen LogP contribution >= 0.6 is 11.6 Å². The molecule has 0 saturated carbocycles. The molecule has 1 rings (SSSR count). The lowest BCUT2D eigenvalue weighted by molar-refractivity contribution is -0.128. The largest absolute Gasteiger partial charge is 0.495 e. The van der Waals surface area contributed by atoms with E-state index in [9.17, 15) is 4.79 Å². The van der Waals surface area contributed by atoms with Gasteiger partial charge in [-0.2, -0.15) is 0 Å². The molecule has 0 spiro atoms. The summed E-state index contributed by atoms with van der Waals surface area (Å²) in [6.45, 7) is 7.53. The third-order valence-corrected chi connectivity index (χ3v) is 3.43. The summed E-state index contributed by atoms with van der Waals surface area (Å²) >= 11 is 6.04. The van der Waals surface area contributed by atoms with Crippen LogP contribution < -0.4 is 10.1 Å². The van der Waals surface area contributed by atoms with Crippen LogP contribution in [0.15, 0.2) is 12.1 Å². The molecule has 19 heavy (non-hydrogen) atoms. The van der Waals surface area contributed by atoms with Crippen molar-refractivity contribution in [3.8, 4) is 5.75 Å². The first-order chi connectivity index (χ1) is 9.03. The molecule has 0 heterocycles. The van der Waals surface area contributed by atoms with Crippen LogP contribution in [0.2, 0.25) is 5.02 Å². The van der Waals surface area contributed by atoms with E-state index >= 15 is 0 Å². The van der Waals surface area contributed by atoms with Crippen LogP contribution in [-0.2, 0) is 4.79 Å². The first-order valence-electron chi connectivity index (χ1n) is 6.39. The number of likely N-dealkylation sites (N-methyl/N-ethyl adjacent to an activating group) is 1. The minimum absolute atomic E-state index is 0.0691. The number of methoxy groups -OCH3 is 1. The summed E-state index contributed by atoms with van der Waals surface area (Å²) in [6.07, 6.45) is 0. The molecule has 5 heteroatoms. The summed E-state index contributed by atoms with van der Waals surface area (Å²) in [7, 11) is 1.58. The lowest BCUT2D eigenvalue weighted by Gasteiger charge is -2.20. The number of rotatable bonds is 6. The Morgan fingerprint density at radius 2 is 2.00 bits per heavy atom. The Morgan fingerprint density at radius 1 is 1.37 bits per heavy atom. The summed E-state index contributed by atoms with van der Waals surface area (Å²) in [5.74, 6) is 0.711. The van der Waals surface area contributed by atoms with Crippen molar-refractivity contribution in [1.82, 2.24) is 4.90 Å². The molecule has 0 aliphatic rings. The number of anilines is 1. The topological polar surface area (TPSA) is 41.6 Å². The molecule has 0 bridgehead atoms. The highest BCUT2D eigenvalue weighted by Crippen LogP contribution is 2.30. The molecule has 0 aromatic heterocycles. The number of nitrogens with zero attached hydrogens (tertiary/aromatic N) is 1. The van der Waals surface area contributed by atoms with E-state index in [4.69, 9.17) is 16.3 Å². The fourth-order valence-corrected chi connectivity index (χ4v) is 1.98. The van der Waals surface area contributed by atoms with Gasteiger partial charge in [0.2, 0.25) is 5.91 Å². The molecule has 1 N–H and O–H groups in total. The molecule has 4 nitrogen and oxygen atoms in total. The van der Waals surface area contributed by atoms with E-state index in [0.717, 1.165) is 11.3 Å². The van der Waals surface area contributed by atoms with Crippen LogP contribution in [0.1, 0.15) is 19.4 Å². The van der Waals surface area contributed by atoms with Gasteiger partial charge in [0, 0.05) is 24.2 Å². The molecule has 0 aliphatic heterocycles. The maximum absolute atomic E-state index is 11.9. The van der Waals surface area contributed by atoms with Gasteiger partial charge in [0.1, 0.15) is 5.75 Å². The van der Waals surface area contributed by atoms with Gasteiger partial charge in [0.05, 0.1) is 19.3 Å². The summed E-state index contributed by atoms with van der Waals surface area (Å²) in [5, 5.41) is 3.76. The highest BCUT2D eigenvalue weighted by Gasteiger charge is 2.11. The number of aryl methyl sites for hydroxylation is 1. The van der Waals surface area contributed by atoms with E-state index in [0.29, 0.717) is 23.9 Å². The summed E-state index contributed by atoms with van der Waals surface area (Å²) in [4.78, 5) is 13.7. The number of nitrogens with one attached hydrogen (secondary N) is 1. The van der Waals surface area contributed by atoms with Crippen LogP contribution in [-0.4, -0.2) is 37.6 Å². The number of carbonyl (C=O) groups is 1. The Bertz CT molecular complexity index is 445. The molecular formula is C14H21ClN2O2. The smallest absolute Gasteiger partial charge is 0.241 e. The molecule has 1 amide bonds. The molecule has 0 fully saturated rings. The van der Waals surface area contributed by atoms with Crippen molar-refractivity contribution in [3.63, 3.8) is 0 Å². The zero-order valence-corrected chi connectivity index (χ0v) is 12.7. The predicted molar refractivity (Wildman–Crippen MR) is 79.2 cm³/mol. The number of hydrogen-bond acceptors (Lipinski definition) is 3. The van der Waals surface area contributed by atoms with Crippen LogP contribution in [0.25, 0.3) is 0 Å². The van der Waals surface area contributed by atoms with E-state index in [2.05, 4.69) is 5.32 Å². The number of hydrogen-bond donors (Lipinski definition) is 1. The van der Waals surface area contributed by atoms with Crippen LogP contribution in [0.4, 0.5) is 5.69 Å². The SMILES string of the molecule is CCN(CC)C(=O)CNc1cc(C)c(Cl)cc1OC. The van der Waals surface area contributed by atoms with Crippen molar-refractivity contribution in [2.24, 2.45) is 0 Å². The lowest BCUT2D eigenvalue weighted by Crippen LogP contribution is -2.35. The van der Waals surface area contributed by atoms with Gasteiger partial charge in [-0.05, 0) is 32.4 Å². The van der Waals surface area contributed by atoms with Crippen molar-refractivity contribution >= 4 is 23.2 Å². The van der Waals surface area contributed by atoms with Gasteiger partial charge in [0.15, 0.2) is 0 Å². The summed E-state index contributed by atoms with van der Waals surface area (Å²) in [6, 6.07) is 3.64. The zero-order valence-electron chi connectivity index (χ0n) is 11.9. The van der Waals surface area contributed by atoms with Crippen molar-refractivity contribution in [2.75, 3.05) is 32.1 Å². The highest BCUT2D eigenvalue weighted by atomic mass is 35.5. The average Bonchev–Trinajstić information content (AvgIpc) is 2.41. The first-order valence-corrected chi connectivity index (χ1v) is 6.77. The Kier molecular flexibility index (Phi) is 5.96. The predicted octanol–water partition coefficient (Wildman–Crippen LogP) is 2.94. The number of ether oxygens (including phenoxy) is 1. The van der Waals surface area contributed by atoms with Crippen molar-refractivity contribution < 1.29 is 9.53 Å². The Morgan fingerprint density at radius 3 is 2.53 bits per heavy atom. The minimum Gasteiger partial charge on any atom is -0.495 e. The molecule has 1 aromatic rings. The molecule has 0 atom stereocenters. The van der Waals surface area contributed by atoms with Crippen molar-refractivity contribution in [1.29, 1.82) is 0 Å². The second-order valence-electron chi connectivity index (χ2n) is 4.22. The molecular weight excluding hydrogens is 264 g/mol. The molecule has 0 radical (unpaired) electrons. The molecule has 106 valence electrons. The van der Waals surface area contributed by atoms with Crippen molar-refractivity contribution in [2.45, 2.75) is 20.8 Å². The van der Waals surface area contributed by atoms with Gasteiger partial charge in [-0.25, -0.2) is 0 Å². The maximum atomic E-state index is 11.9. The van der Waals surface area contributed by atoms with Crippen LogP contribution in [0.5, 0.6) is 5.75 Å². The number of halogens is 1. The van der Waals surface area contributed by atoms with E-state index in [1.165, 1.54) is 0 Å². The van der Waals surface area contributed by atoms with Gasteiger partial charge in [0.25, 0.3) is 0 Å². The monoisotopic (exact) mass is 284 g/mol. The molecule has 0 aliphatic carbocycles. The highest BCUT2D eigenvalue weighted by molar-refractivity contribution is 6.31. The number of benzene rings is 1. The van der Waals surface area contributed by atoms with Gasteiger partial charge >= 0.3 is 0 Å². The van der Waals surface area contributed by atoms with E-state index in [1.54, 1.807) is 18.1 Å².